The van der Waals surface area contributed by atoms with E-state index in [-0.39, 0.29) is 46.5 Å². The maximum absolute atomic E-state index is 13.8. The molecule has 1 aliphatic rings. The average molecular weight is 681 g/mol. The highest BCUT2D eigenvalue weighted by Gasteiger charge is 2.39. The Kier molecular flexibility index (Phi) is 8.31. The lowest BCUT2D eigenvalue weighted by Crippen LogP contribution is -2.33. The smallest absolute Gasteiger partial charge is 0.339 e. The van der Waals surface area contributed by atoms with E-state index in [2.05, 4.69) is 5.10 Å². The van der Waals surface area contributed by atoms with Crippen LogP contribution in [0.2, 0.25) is 10.0 Å². The third-order valence-corrected chi connectivity index (χ3v) is 9.89. The van der Waals surface area contributed by atoms with E-state index in [1.54, 1.807) is 12.1 Å². The number of carbonyl (C=O) groups excluding carboxylic acids is 1. The van der Waals surface area contributed by atoms with Crippen LogP contribution in [0.25, 0.3) is 27.5 Å². The van der Waals surface area contributed by atoms with Crippen molar-refractivity contribution in [3.05, 3.63) is 68.5 Å². The first-order chi connectivity index (χ1) is 20.0. The number of aromatic nitrogens is 3. The predicted octanol–water partition coefficient (Wildman–Crippen LogP) is 8.51. The summed E-state index contributed by atoms with van der Waals surface area (Å²) in [5.41, 5.74) is 3.86. The fraction of sp³-hybridized carbons (Fsp3) is 0.296. The van der Waals surface area contributed by atoms with Gasteiger partial charge in [0, 0.05) is 36.5 Å². The van der Waals surface area contributed by atoms with Crippen molar-refractivity contribution in [1.29, 1.82) is 0 Å². The summed E-state index contributed by atoms with van der Waals surface area (Å²) in [6, 6.07) is 4.62. The first-order valence-electron chi connectivity index (χ1n) is 12.5. The van der Waals surface area contributed by atoms with Gasteiger partial charge in [0.1, 0.15) is 5.69 Å². The molecule has 5 rings (SSSR count). The lowest BCUT2D eigenvalue weighted by Gasteiger charge is -2.21. The van der Waals surface area contributed by atoms with Gasteiger partial charge in [-0.25, -0.2) is 4.98 Å². The Morgan fingerprint density at radius 1 is 1.05 bits per heavy atom. The van der Waals surface area contributed by atoms with E-state index in [9.17, 15) is 31.1 Å². The second-order valence-electron chi connectivity index (χ2n) is 9.78. The molecule has 2 aromatic carbocycles. The number of nitrogens with zero attached hydrogens (tertiary/aromatic N) is 4. The van der Waals surface area contributed by atoms with Crippen molar-refractivity contribution in [2.75, 3.05) is 20.1 Å². The van der Waals surface area contributed by atoms with Crippen molar-refractivity contribution < 1.29 is 31.1 Å². The number of thiazole rings is 1. The van der Waals surface area contributed by atoms with Gasteiger partial charge in [0.25, 0.3) is 5.91 Å². The Morgan fingerprint density at radius 3 is 2.23 bits per heavy atom. The fourth-order valence-corrected chi connectivity index (χ4v) is 7.62. The Morgan fingerprint density at radius 2 is 1.65 bits per heavy atom. The largest absolute Gasteiger partial charge is 0.416 e. The topological polar surface area (TPSA) is 77.0 Å². The van der Waals surface area contributed by atoms with Crippen LogP contribution in [0.1, 0.15) is 45.0 Å². The monoisotopic (exact) mass is 679 g/mol. The first kappa shape index (κ1) is 31.6. The molecule has 2 N–H and O–H groups in total. The van der Waals surface area contributed by atoms with Crippen LogP contribution in [0, 0.1) is 6.92 Å². The summed E-state index contributed by atoms with van der Waals surface area (Å²) < 4.78 is 84.4. The van der Waals surface area contributed by atoms with E-state index in [0.717, 1.165) is 9.77 Å². The molecule has 0 bridgehead atoms. The molecular formula is C27H21Cl2F6N5OS2. The molecule has 228 valence electrons. The van der Waals surface area contributed by atoms with Crippen LogP contribution in [0.4, 0.5) is 26.3 Å². The Balaban J connectivity index is 1.77. The van der Waals surface area contributed by atoms with Gasteiger partial charge in [-0.15, -0.1) is 11.8 Å². The van der Waals surface area contributed by atoms with Crippen molar-refractivity contribution in [3.63, 3.8) is 0 Å². The minimum absolute atomic E-state index is 0.0290. The number of hydrogen-bond donors (Lipinski definition) is 1. The van der Waals surface area contributed by atoms with Crippen molar-refractivity contribution in [3.8, 4) is 27.5 Å². The van der Waals surface area contributed by atoms with Gasteiger partial charge in [-0.1, -0.05) is 34.5 Å². The second-order valence-corrected chi connectivity index (χ2v) is 13.2. The minimum Gasteiger partial charge on any atom is -0.339 e. The summed E-state index contributed by atoms with van der Waals surface area (Å²) >= 11 is 15.2. The minimum atomic E-state index is -5.08. The number of fused-ring (bicyclic) bond motifs is 3. The average Bonchev–Trinajstić information content (AvgIpc) is 3.49. The zero-order valence-corrected chi connectivity index (χ0v) is 25.6. The number of likely N-dealkylation sites (N-methyl/N-ethyl adjacent to an activating group) is 1. The third kappa shape index (κ3) is 5.87. The van der Waals surface area contributed by atoms with Gasteiger partial charge in [-0.3, -0.25) is 4.79 Å². The van der Waals surface area contributed by atoms with Crippen LogP contribution in [0.15, 0.2) is 34.5 Å². The van der Waals surface area contributed by atoms with Gasteiger partial charge in [-0.2, -0.15) is 36.1 Å². The summed E-state index contributed by atoms with van der Waals surface area (Å²) in [6.45, 7) is 3.50. The van der Waals surface area contributed by atoms with Crippen molar-refractivity contribution in [2.24, 2.45) is 5.73 Å². The number of carbonyl (C=O) groups is 1. The molecule has 16 heteroatoms. The third-order valence-electron chi connectivity index (χ3n) is 6.79. The van der Waals surface area contributed by atoms with Crippen molar-refractivity contribution in [1.82, 2.24) is 19.7 Å². The highest BCUT2D eigenvalue weighted by molar-refractivity contribution is 8.01. The Labute approximate surface area is 259 Å². The van der Waals surface area contributed by atoms with Crippen LogP contribution < -0.4 is 5.73 Å². The van der Waals surface area contributed by atoms with Crippen LogP contribution in [-0.2, 0) is 12.4 Å². The van der Waals surface area contributed by atoms with Gasteiger partial charge in [0.05, 0.1) is 36.8 Å². The van der Waals surface area contributed by atoms with E-state index < -0.39 is 35.0 Å². The van der Waals surface area contributed by atoms with Gasteiger partial charge < -0.3 is 10.6 Å². The number of rotatable bonds is 5. The van der Waals surface area contributed by atoms with Crippen LogP contribution in [0.3, 0.4) is 0 Å². The molecule has 0 fully saturated rings. The molecule has 4 aromatic rings. The second kappa shape index (κ2) is 11.3. The van der Waals surface area contributed by atoms with E-state index in [1.165, 1.54) is 46.7 Å². The van der Waals surface area contributed by atoms with Crippen LogP contribution >= 0.6 is 46.3 Å². The Hall–Kier alpha value is -2.78. The number of benzene rings is 2. The zero-order chi connectivity index (χ0) is 31.6. The molecular weight excluding hydrogens is 659 g/mol. The predicted molar refractivity (Wildman–Crippen MR) is 155 cm³/mol. The maximum Gasteiger partial charge on any atom is 0.416 e. The number of hydrogen-bond acceptors (Lipinski definition) is 6. The molecule has 6 nitrogen and oxygen atoms in total. The molecule has 0 spiro atoms. The molecule has 3 heterocycles. The number of halogens is 8. The number of alkyl halides is 6. The van der Waals surface area contributed by atoms with Gasteiger partial charge in [-0.05, 0) is 55.3 Å². The molecule has 0 saturated heterocycles. The summed E-state index contributed by atoms with van der Waals surface area (Å²) in [6.07, 6.45) is -10.2. The quantitative estimate of drug-likeness (QED) is 0.214. The molecule has 1 unspecified atom stereocenters. The summed E-state index contributed by atoms with van der Waals surface area (Å²) in [5.74, 6) is -0.712. The number of thioether (sulfide) groups is 1. The lowest BCUT2D eigenvalue weighted by atomic mass is 9.97. The fourth-order valence-electron chi connectivity index (χ4n) is 4.75. The van der Waals surface area contributed by atoms with E-state index >= 15 is 0 Å². The van der Waals surface area contributed by atoms with Crippen molar-refractivity contribution >= 4 is 52.2 Å². The lowest BCUT2D eigenvalue weighted by molar-refractivity contribution is -0.143. The molecule has 1 amide bonds. The van der Waals surface area contributed by atoms with E-state index in [4.69, 9.17) is 33.9 Å². The molecule has 1 atom stereocenters. The standard InChI is InChI=1S/C27H21Cl2F6N5OS2/c1-11-20(13-6-14(26(30,31)32)8-15(7-13)27(33,34)35)22(23(41)39(3)5-4-36)40(38-11)25-37-21-17-10-19(29)18(28)9-16(17)12(2)42-24(21)43-25/h6-10,12H,4-5,36H2,1-3H3. The molecule has 0 saturated carbocycles. The normalized spacial score (nSPS) is 14.9. The Bertz CT molecular complexity index is 1720. The molecule has 2 aromatic heterocycles. The van der Waals surface area contributed by atoms with E-state index in [1.807, 2.05) is 6.92 Å². The first-order valence-corrected chi connectivity index (χ1v) is 15.0. The summed E-state index contributed by atoms with van der Waals surface area (Å²) in [4.78, 5) is 19.7. The molecule has 0 aliphatic carbocycles. The van der Waals surface area contributed by atoms with Gasteiger partial charge in [0.2, 0.25) is 5.13 Å². The van der Waals surface area contributed by atoms with Gasteiger partial charge in [0.15, 0.2) is 0 Å². The van der Waals surface area contributed by atoms with Crippen LogP contribution in [-0.4, -0.2) is 45.7 Å². The van der Waals surface area contributed by atoms with Crippen molar-refractivity contribution in [2.45, 2.75) is 35.7 Å². The SMILES string of the molecule is Cc1nn(-c2nc3c(s2)SC(C)c2cc(Cl)c(Cl)cc2-3)c(C(=O)N(C)CCN)c1-c1cc(C(F)(F)F)cc(C(F)(F)F)c1. The number of nitrogens with two attached hydrogens (primary N) is 1. The molecule has 1 aliphatic heterocycles. The molecule has 43 heavy (non-hydrogen) atoms. The summed E-state index contributed by atoms with van der Waals surface area (Å²) in [5, 5.41) is 5.25. The van der Waals surface area contributed by atoms with Crippen LogP contribution in [0.5, 0.6) is 0 Å². The number of aryl methyl sites for hydroxylation is 1. The maximum atomic E-state index is 13.8. The van der Waals surface area contributed by atoms with E-state index in [0.29, 0.717) is 33.4 Å². The van der Waals surface area contributed by atoms with Gasteiger partial charge >= 0.3 is 12.4 Å². The highest BCUT2D eigenvalue weighted by atomic mass is 35.5. The number of amides is 1. The summed E-state index contributed by atoms with van der Waals surface area (Å²) in [7, 11) is 1.42. The highest BCUT2D eigenvalue weighted by Crippen LogP contribution is 2.53. The zero-order valence-electron chi connectivity index (χ0n) is 22.5. The molecule has 0 radical (unpaired) electrons.